The van der Waals surface area contributed by atoms with Gasteiger partial charge in [0.1, 0.15) is 0 Å². The number of carboxylic acids is 1. The van der Waals surface area contributed by atoms with Gasteiger partial charge in [0.25, 0.3) is 11.6 Å². The number of carboxylic acid groups (broad SMARTS) is 1. The molecule has 1 amide bonds. The number of benzene rings is 3. The van der Waals surface area contributed by atoms with E-state index < -0.39 is 16.8 Å². The molecule has 1 aliphatic heterocycles. The molecule has 0 bridgehead atoms. The van der Waals surface area contributed by atoms with Crippen molar-refractivity contribution in [3.8, 4) is 11.1 Å². The first-order valence-corrected chi connectivity index (χ1v) is 10.7. The van der Waals surface area contributed by atoms with E-state index in [9.17, 15) is 24.8 Å². The van der Waals surface area contributed by atoms with E-state index in [1.807, 2.05) is 12.1 Å². The van der Waals surface area contributed by atoms with Gasteiger partial charge in [-0.2, -0.15) is 0 Å². The second-order valence-electron chi connectivity index (χ2n) is 8.01. The van der Waals surface area contributed by atoms with E-state index in [1.54, 1.807) is 12.1 Å². The van der Waals surface area contributed by atoms with Crippen LogP contribution in [-0.2, 0) is 0 Å². The SMILES string of the molecule is O=C(O)c1cc(NC(=O)c2ccc([N+](=O)[O-])cc2)cc(-c2ccc(C3CCNCC3)cc2)c1. The van der Waals surface area contributed by atoms with E-state index in [4.69, 9.17) is 0 Å². The Morgan fingerprint density at radius 2 is 1.58 bits per heavy atom. The zero-order valence-electron chi connectivity index (χ0n) is 17.8. The van der Waals surface area contributed by atoms with Crippen molar-refractivity contribution in [1.29, 1.82) is 0 Å². The quantitative estimate of drug-likeness (QED) is 0.374. The molecule has 0 saturated carbocycles. The molecule has 3 aromatic carbocycles. The van der Waals surface area contributed by atoms with E-state index in [-0.39, 0.29) is 16.8 Å². The van der Waals surface area contributed by atoms with Gasteiger partial charge in [-0.1, -0.05) is 24.3 Å². The van der Waals surface area contributed by atoms with Crippen molar-refractivity contribution in [2.75, 3.05) is 18.4 Å². The molecule has 0 atom stereocenters. The predicted octanol–water partition coefficient (Wildman–Crippen LogP) is 4.68. The van der Waals surface area contributed by atoms with Crippen molar-refractivity contribution in [1.82, 2.24) is 5.32 Å². The van der Waals surface area contributed by atoms with Gasteiger partial charge < -0.3 is 15.7 Å². The molecule has 33 heavy (non-hydrogen) atoms. The van der Waals surface area contributed by atoms with Crippen LogP contribution >= 0.6 is 0 Å². The van der Waals surface area contributed by atoms with Crippen LogP contribution in [0.2, 0.25) is 0 Å². The molecule has 1 heterocycles. The van der Waals surface area contributed by atoms with Crippen molar-refractivity contribution in [2.24, 2.45) is 0 Å². The summed E-state index contributed by atoms with van der Waals surface area (Å²) in [6, 6.07) is 18.0. The van der Waals surface area contributed by atoms with Crippen LogP contribution in [0, 0.1) is 10.1 Å². The van der Waals surface area contributed by atoms with Crippen LogP contribution < -0.4 is 10.6 Å². The van der Waals surface area contributed by atoms with Crippen molar-refractivity contribution >= 4 is 23.3 Å². The van der Waals surface area contributed by atoms with Gasteiger partial charge in [-0.3, -0.25) is 14.9 Å². The summed E-state index contributed by atoms with van der Waals surface area (Å²) in [6.45, 7) is 2.01. The summed E-state index contributed by atoms with van der Waals surface area (Å²) in [7, 11) is 0. The third-order valence-electron chi connectivity index (χ3n) is 5.83. The fourth-order valence-electron chi connectivity index (χ4n) is 4.03. The molecule has 8 nitrogen and oxygen atoms in total. The molecule has 8 heteroatoms. The van der Waals surface area contributed by atoms with Gasteiger partial charge in [-0.25, -0.2) is 4.79 Å². The summed E-state index contributed by atoms with van der Waals surface area (Å²) in [5, 5.41) is 26.4. The monoisotopic (exact) mass is 445 g/mol. The molecule has 1 aliphatic rings. The molecule has 4 rings (SSSR count). The lowest BCUT2D eigenvalue weighted by atomic mass is 9.89. The summed E-state index contributed by atoms with van der Waals surface area (Å²) in [6.07, 6.45) is 2.18. The molecule has 168 valence electrons. The largest absolute Gasteiger partial charge is 0.478 e. The second-order valence-corrected chi connectivity index (χ2v) is 8.01. The summed E-state index contributed by atoms with van der Waals surface area (Å²) >= 11 is 0. The minimum atomic E-state index is -1.10. The number of aromatic carboxylic acids is 1. The van der Waals surface area contributed by atoms with Crippen LogP contribution in [0.4, 0.5) is 11.4 Å². The van der Waals surface area contributed by atoms with Crippen LogP contribution in [-0.4, -0.2) is 35.0 Å². The van der Waals surface area contributed by atoms with Gasteiger partial charge in [0.2, 0.25) is 0 Å². The van der Waals surface area contributed by atoms with Crippen molar-refractivity contribution in [3.63, 3.8) is 0 Å². The Balaban J connectivity index is 1.58. The minimum Gasteiger partial charge on any atom is -0.478 e. The van der Waals surface area contributed by atoms with Gasteiger partial charge >= 0.3 is 5.97 Å². The number of carbonyl (C=O) groups is 2. The maximum atomic E-state index is 12.6. The van der Waals surface area contributed by atoms with Crippen LogP contribution in [0.3, 0.4) is 0 Å². The minimum absolute atomic E-state index is 0.0499. The highest BCUT2D eigenvalue weighted by molar-refractivity contribution is 6.05. The molecule has 0 aliphatic carbocycles. The first-order valence-electron chi connectivity index (χ1n) is 10.7. The van der Waals surface area contributed by atoms with Gasteiger partial charge in [0, 0.05) is 23.4 Å². The zero-order valence-corrected chi connectivity index (χ0v) is 17.8. The van der Waals surface area contributed by atoms with Crippen LogP contribution in [0.25, 0.3) is 11.1 Å². The highest BCUT2D eigenvalue weighted by atomic mass is 16.6. The molecule has 1 saturated heterocycles. The maximum absolute atomic E-state index is 12.6. The highest BCUT2D eigenvalue weighted by Gasteiger charge is 2.16. The van der Waals surface area contributed by atoms with E-state index in [0.717, 1.165) is 31.5 Å². The van der Waals surface area contributed by atoms with Crippen molar-refractivity contribution in [3.05, 3.63) is 93.5 Å². The topological polar surface area (TPSA) is 122 Å². The Morgan fingerprint density at radius 3 is 2.18 bits per heavy atom. The van der Waals surface area contributed by atoms with Gasteiger partial charge in [-0.15, -0.1) is 0 Å². The Morgan fingerprint density at radius 1 is 0.909 bits per heavy atom. The molecule has 3 aromatic rings. The van der Waals surface area contributed by atoms with E-state index in [2.05, 4.69) is 22.8 Å². The molecular weight excluding hydrogens is 422 g/mol. The fourth-order valence-corrected chi connectivity index (χ4v) is 4.03. The standard InChI is InChI=1S/C25H23N3O5/c29-24(19-5-7-23(8-6-19)28(32)33)27-22-14-20(13-21(15-22)25(30)31)17-3-1-16(2-4-17)18-9-11-26-12-10-18/h1-8,13-15,18,26H,9-12H2,(H,27,29)(H,30,31). The highest BCUT2D eigenvalue weighted by Crippen LogP contribution is 2.30. The Bertz CT molecular complexity index is 1180. The summed E-state index contributed by atoms with van der Waals surface area (Å²) < 4.78 is 0. The number of non-ortho nitro benzene ring substituents is 1. The molecule has 1 fully saturated rings. The normalized spacial score (nSPS) is 13.9. The van der Waals surface area contributed by atoms with Gasteiger partial charge in [0.05, 0.1) is 10.5 Å². The van der Waals surface area contributed by atoms with Crippen LogP contribution in [0.1, 0.15) is 45.0 Å². The summed E-state index contributed by atoms with van der Waals surface area (Å²) in [5.41, 5.74) is 3.28. The Hall–Kier alpha value is -4.04. The lowest BCUT2D eigenvalue weighted by Gasteiger charge is -2.23. The third-order valence-corrected chi connectivity index (χ3v) is 5.83. The number of hydrogen-bond donors (Lipinski definition) is 3. The number of amides is 1. The Kier molecular flexibility index (Phi) is 6.46. The Labute approximate surface area is 190 Å². The van der Waals surface area contributed by atoms with Crippen molar-refractivity contribution in [2.45, 2.75) is 18.8 Å². The average Bonchev–Trinajstić information content (AvgIpc) is 2.84. The number of anilines is 1. The molecule has 0 radical (unpaired) electrons. The smallest absolute Gasteiger partial charge is 0.335 e. The number of nitro benzene ring substituents is 1. The van der Waals surface area contributed by atoms with Crippen LogP contribution in [0.15, 0.2) is 66.7 Å². The zero-order chi connectivity index (χ0) is 23.4. The number of nitro groups is 1. The van der Waals surface area contributed by atoms with Crippen LogP contribution in [0.5, 0.6) is 0 Å². The fraction of sp³-hybridized carbons (Fsp3) is 0.200. The lowest BCUT2D eigenvalue weighted by Crippen LogP contribution is -2.26. The number of piperidine rings is 1. The third kappa shape index (κ3) is 5.24. The molecule has 0 unspecified atom stereocenters. The lowest BCUT2D eigenvalue weighted by molar-refractivity contribution is -0.384. The predicted molar refractivity (Wildman–Crippen MR) is 125 cm³/mol. The van der Waals surface area contributed by atoms with E-state index in [0.29, 0.717) is 17.2 Å². The number of nitrogens with zero attached hydrogens (tertiary/aromatic N) is 1. The maximum Gasteiger partial charge on any atom is 0.335 e. The number of rotatable bonds is 6. The number of hydrogen-bond acceptors (Lipinski definition) is 5. The number of carbonyl (C=O) groups excluding carboxylic acids is 1. The summed E-state index contributed by atoms with van der Waals surface area (Å²) in [5.74, 6) is -1.07. The summed E-state index contributed by atoms with van der Waals surface area (Å²) in [4.78, 5) is 34.5. The molecule has 3 N–H and O–H groups in total. The van der Waals surface area contributed by atoms with E-state index in [1.165, 1.54) is 35.9 Å². The first-order chi connectivity index (χ1) is 15.9. The molecule has 0 spiro atoms. The van der Waals surface area contributed by atoms with Crippen molar-refractivity contribution < 1.29 is 19.6 Å². The number of nitrogens with one attached hydrogen (secondary N) is 2. The van der Waals surface area contributed by atoms with E-state index >= 15 is 0 Å². The molecule has 0 aromatic heterocycles. The molecular formula is C25H23N3O5. The van der Waals surface area contributed by atoms with Gasteiger partial charge in [-0.05, 0) is 78.9 Å². The first kappa shape index (κ1) is 22.2. The second kappa shape index (κ2) is 9.62. The van der Waals surface area contributed by atoms with Gasteiger partial charge in [0.15, 0.2) is 0 Å². The average molecular weight is 445 g/mol.